The van der Waals surface area contributed by atoms with Crippen LogP contribution in [0.1, 0.15) is 23.2 Å². The Bertz CT molecular complexity index is 696. The molecule has 0 bridgehead atoms. The van der Waals surface area contributed by atoms with Crippen LogP contribution in [0.4, 0.5) is 16.5 Å². The molecule has 114 valence electrons. The molecule has 1 saturated heterocycles. The van der Waals surface area contributed by atoms with Gasteiger partial charge in [-0.3, -0.25) is 20.2 Å². The van der Waals surface area contributed by atoms with Crippen molar-refractivity contribution in [3.8, 4) is 0 Å². The van der Waals surface area contributed by atoms with E-state index in [0.29, 0.717) is 10.8 Å². The van der Waals surface area contributed by atoms with Crippen molar-refractivity contribution in [3.05, 3.63) is 45.5 Å². The first kappa shape index (κ1) is 14.5. The van der Waals surface area contributed by atoms with Gasteiger partial charge in [-0.1, -0.05) is 0 Å². The average Bonchev–Trinajstić information content (AvgIpc) is 3.19. The second-order valence-electron chi connectivity index (χ2n) is 4.95. The number of anilines is 2. The molecule has 1 fully saturated rings. The van der Waals surface area contributed by atoms with Crippen molar-refractivity contribution in [3.63, 3.8) is 0 Å². The number of hydrogen-bond acceptors (Lipinski definition) is 6. The van der Waals surface area contributed by atoms with Crippen LogP contribution in [-0.4, -0.2) is 28.9 Å². The zero-order valence-corrected chi connectivity index (χ0v) is 12.5. The highest BCUT2D eigenvalue weighted by Gasteiger charge is 2.24. The van der Waals surface area contributed by atoms with Gasteiger partial charge in [-0.25, -0.2) is 4.98 Å². The summed E-state index contributed by atoms with van der Waals surface area (Å²) in [7, 11) is 0. The molecule has 0 atom stereocenters. The molecule has 1 aromatic heterocycles. The summed E-state index contributed by atoms with van der Waals surface area (Å²) < 4.78 is 0. The van der Waals surface area contributed by atoms with E-state index in [1.807, 2.05) is 4.90 Å². The van der Waals surface area contributed by atoms with Gasteiger partial charge < -0.3 is 4.90 Å². The number of benzene rings is 1. The molecule has 1 aliphatic rings. The summed E-state index contributed by atoms with van der Waals surface area (Å²) in [6.45, 7) is 1.62. The van der Waals surface area contributed by atoms with Gasteiger partial charge in [0.05, 0.1) is 4.92 Å². The van der Waals surface area contributed by atoms with Crippen LogP contribution in [0.5, 0.6) is 0 Å². The molecular weight excluding hydrogens is 304 g/mol. The van der Waals surface area contributed by atoms with Crippen LogP contribution in [0.15, 0.2) is 29.8 Å². The van der Waals surface area contributed by atoms with E-state index in [4.69, 9.17) is 0 Å². The van der Waals surface area contributed by atoms with Crippen LogP contribution >= 0.6 is 11.3 Å². The van der Waals surface area contributed by atoms with Crippen molar-refractivity contribution >= 4 is 33.8 Å². The molecule has 0 spiro atoms. The van der Waals surface area contributed by atoms with Crippen LogP contribution < -0.4 is 10.2 Å². The SMILES string of the molecule is O=C(Nc1nccs1)c1ccc(N2CCCC2)c([N+](=O)[O-])c1. The summed E-state index contributed by atoms with van der Waals surface area (Å²) in [5.41, 5.74) is 0.798. The maximum absolute atomic E-state index is 12.1. The van der Waals surface area contributed by atoms with Gasteiger partial charge in [-0.2, -0.15) is 0 Å². The number of thiazole rings is 1. The Hall–Kier alpha value is -2.48. The highest BCUT2D eigenvalue weighted by Crippen LogP contribution is 2.31. The summed E-state index contributed by atoms with van der Waals surface area (Å²) in [6, 6.07) is 4.60. The number of carbonyl (C=O) groups is 1. The van der Waals surface area contributed by atoms with Crippen molar-refractivity contribution in [1.82, 2.24) is 4.98 Å². The molecule has 0 aliphatic carbocycles. The lowest BCUT2D eigenvalue weighted by atomic mass is 10.1. The Morgan fingerprint density at radius 1 is 1.36 bits per heavy atom. The second-order valence-corrected chi connectivity index (χ2v) is 5.84. The van der Waals surface area contributed by atoms with Crippen molar-refractivity contribution < 1.29 is 9.72 Å². The summed E-state index contributed by atoms with van der Waals surface area (Å²) in [4.78, 5) is 29.0. The minimum Gasteiger partial charge on any atom is -0.366 e. The van der Waals surface area contributed by atoms with Crippen LogP contribution in [0, 0.1) is 10.1 Å². The topological polar surface area (TPSA) is 88.4 Å². The third-order valence-corrected chi connectivity index (χ3v) is 4.22. The number of nitro benzene ring substituents is 1. The standard InChI is InChI=1S/C14H14N4O3S/c19-13(16-14-15-5-8-22-14)10-3-4-11(12(9-10)18(20)21)17-6-1-2-7-17/h3-5,8-9H,1-2,6-7H2,(H,15,16,19). The maximum atomic E-state index is 12.1. The average molecular weight is 318 g/mol. The van der Waals surface area contributed by atoms with Gasteiger partial charge in [-0.05, 0) is 25.0 Å². The predicted molar refractivity (Wildman–Crippen MR) is 84.6 cm³/mol. The fourth-order valence-electron chi connectivity index (χ4n) is 2.49. The van der Waals surface area contributed by atoms with Gasteiger partial charge in [0.2, 0.25) is 0 Å². The van der Waals surface area contributed by atoms with Gasteiger partial charge in [0, 0.05) is 36.3 Å². The van der Waals surface area contributed by atoms with Crippen LogP contribution in [0.25, 0.3) is 0 Å². The number of rotatable bonds is 4. The van der Waals surface area contributed by atoms with Crippen LogP contribution in [0.3, 0.4) is 0 Å². The van der Waals surface area contributed by atoms with Gasteiger partial charge in [-0.15, -0.1) is 11.3 Å². The molecular formula is C14H14N4O3S. The van der Waals surface area contributed by atoms with Gasteiger partial charge >= 0.3 is 0 Å². The van der Waals surface area contributed by atoms with Crippen molar-refractivity contribution in [2.24, 2.45) is 0 Å². The molecule has 0 saturated carbocycles. The first-order valence-electron chi connectivity index (χ1n) is 6.89. The fraction of sp³-hybridized carbons (Fsp3) is 0.286. The number of nitrogens with one attached hydrogen (secondary N) is 1. The van der Waals surface area contributed by atoms with Crippen molar-refractivity contribution in [1.29, 1.82) is 0 Å². The smallest absolute Gasteiger partial charge is 0.293 e. The third-order valence-electron chi connectivity index (χ3n) is 3.53. The number of nitrogens with zero attached hydrogens (tertiary/aromatic N) is 3. The lowest BCUT2D eigenvalue weighted by Crippen LogP contribution is -2.19. The summed E-state index contributed by atoms with van der Waals surface area (Å²) >= 11 is 1.29. The van der Waals surface area contributed by atoms with Crippen molar-refractivity contribution in [2.75, 3.05) is 23.3 Å². The van der Waals surface area contributed by atoms with E-state index < -0.39 is 10.8 Å². The molecule has 3 rings (SSSR count). The van der Waals surface area contributed by atoms with E-state index in [1.165, 1.54) is 17.4 Å². The normalized spacial score (nSPS) is 14.1. The zero-order chi connectivity index (χ0) is 15.5. The van der Waals surface area contributed by atoms with Crippen molar-refractivity contribution in [2.45, 2.75) is 12.8 Å². The highest BCUT2D eigenvalue weighted by atomic mass is 32.1. The fourth-order valence-corrected chi connectivity index (χ4v) is 3.01. The summed E-state index contributed by atoms with van der Waals surface area (Å²) in [5.74, 6) is -0.397. The lowest BCUT2D eigenvalue weighted by molar-refractivity contribution is -0.384. The van der Waals surface area contributed by atoms with Gasteiger partial charge in [0.1, 0.15) is 5.69 Å². The Morgan fingerprint density at radius 3 is 2.77 bits per heavy atom. The molecule has 1 aromatic carbocycles. The number of amides is 1. The van der Waals surface area contributed by atoms with E-state index in [-0.39, 0.29) is 11.3 Å². The molecule has 2 aromatic rings. The molecule has 0 radical (unpaired) electrons. The Balaban J connectivity index is 1.88. The lowest BCUT2D eigenvalue weighted by Gasteiger charge is -2.17. The molecule has 1 aliphatic heterocycles. The van der Waals surface area contributed by atoms with E-state index in [2.05, 4.69) is 10.3 Å². The molecule has 0 unspecified atom stereocenters. The molecule has 1 N–H and O–H groups in total. The number of carbonyl (C=O) groups excluding carboxylic acids is 1. The Morgan fingerprint density at radius 2 is 2.14 bits per heavy atom. The highest BCUT2D eigenvalue weighted by molar-refractivity contribution is 7.13. The second kappa shape index (κ2) is 6.10. The maximum Gasteiger partial charge on any atom is 0.293 e. The van der Waals surface area contributed by atoms with Crippen LogP contribution in [0.2, 0.25) is 0 Å². The van der Waals surface area contributed by atoms with E-state index >= 15 is 0 Å². The summed E-state index contributed by atoms with van der Waals surface area (Å²) in [6.07, 6.45) is 3.64. The third kappa shape index (κ3) is 2.91. The first-order chi connectivity index (χ1) is 10.6. The van der Waals surface area contributed by atoms with Gasteiger partial charge in [0.25, 0.3) is 11.6 Å². The predicted octanol–water partition coefficient (Wildman–Crippen LogP) is 2.90. The Kier molecular flexibility index (Phi) is 4.01. The molecule has 1 amide bonds. The zero-order valence-electron chi connectivity index (χ0n) is 11.7. The molecule has 2 heterocycles. The molecule has 7 nitrogen and oxygen atoms in total. The number of aromatic nitrogens is 1. The molecule has 8 heteroatoms. The first-order valence-corrected chi connectivity index (χ1v) is 7.77. The number of hydrogen-bond donors (Lipinski definition) is 1. The molecule has 22 heavy (non-hydrogen) atoms. The minimum absolute atomic E-state index is 0.0336. The van der Waals surface area contributed by atoms with Gasteiger partial charge in [0.15, 0.2) is 5.13 Å². The minimum atomic E-state index is -0.437. The summed E-state index contributed by atoms with van der Waals surface area (Å²) in [5, 5.41) is 16.1. The largest absolute Gasteiger partial charge is 0.366 e. The van der Waals surface area contributed by atoms with E-state index in [1.54, 1.807) is 23.7 Å². The number of nitro groups is 1. The monoisotopic (exact) mass is 318 g/mol. The Labute approximate surface area is 130 Å². The van der Waals surface area contributed by atoms with Crippen LogP contribution in [-0.2, 0) is 0 Å². The quantitative estimate of drug-likeness (QED) is 0.691. The van der Waals surface area contributed by atoms with E-state index in [0.717, 1.165) is 25.9 Å². The van der Waals surface area contributed by atoms with E-state index in [9.17, 15) is 14.9 Å².